The molecule has 0 heterocycles. The number of methoxy groups -OCH3 is 2. The summed E-state index contributed by atoms with van der Waals surface area (Å²) in [6.45, 7) is 0. The number of benzene rings is 2. The Labute approximate surface area is 118 Å². The maximum Gasteiger partial charge on any atom is 0.194 e. The topological polar surface area (TPSA) is 35.5 Å². The highest BCUT2D eigenvalue weighted by molar-refractivity contribution is 6.09. The lowest BCUT2D eigenvalue weighted by Gasteiger charge is -2.09. The molecule has 0 bridgehead atoms. The summed E-state index contributed by atoms with van der Waals surface area (Å²) >= 11 is 0. The molecule has 0 spiro atoms. The second-order valence-corrected chi connectivity index (χ2v) is 4.15. The normalized spacial score (nSPS) is 10.3. The minimum absolute atomic E-state index is 0.137. The van der Waals surface area contributed by atoms with Crippen molar-refractivity contribution in [1.29, 1.82) is 0 Å². The lowest BCUT2D eigenvalue weighted by atomic mass is 10.0. The first-order valence-corrected chi connectivity index (χ1v) is 5.89. The van der Waals surface area contributed by atoms with Crippen LogP contribution in [0.1, 0.15) is 15.9 Å². The zero-order chi connectivity index (χ0) is 15.6. The average Bonchev–Trinajstić information content (AvgIpc) is 2.50. The molecule has 21 heavy (non-hydrogen) atoms. The maximum atomic E-state index is 13.2. The van der Waals surface area contributed by atoms with E-state index in [1.807, 2.05) is 0 Å². The Morgan fingerprint density at radius 3 is 1.95 bits per heavy atom. The molecule has 2 aromatic carbocycles. The first-order valence-electron chi connectivity index (χ1n) is 5.89. The molecule has 0 N–H and O–H groups in total. The molecular formula is C15H11F3O3. The predicted molar refractivity (Wildman–Crippen MR) is 69.3 cm³/mol. The highest BCUT2D eigenvalue weighted by Crippen LogP contribution is 2.28. The summed E-state index contributed by atoms with van der Waals surface area (Å²) in [5.41, 5.74) is -0.156. The number of carbonyl (C=O) groups is 1. The molecule has 0 radical (unpaired) electrons. The molecule has 0 aromatic heterocycles. The highest BCUT2D eigenvalue weighted by Gasteiger charge is 2.17. The van der Waals surface area contributed by atoms with Crippen LogP contribution in [0.5, 0.6) is 11.5 Å². The van der Waals surface area contributed by atoms with E-state index in [9.17, 15) is 18.0 Å². The predicted octanol–water partition coefficient (Wildman–Crippen LogP) is 3.35. The monoisotopic (exact) mass is 296 g/mol. The second kappa shape index (κ2) is 5.87. The molecule has 110 valence electrons. The smallest absolute Gasteiger partial charge is 0.194 e. The molecule has 0 fully saturated rings. The van der Waals surface area contributed by atoms with E-state index in [2.05, 4.69) is 0 Å². The summed E-state index contributed by atoms with van der Waals surface area (Å²) in [6.07, 6.45) is 0. The van der Waals surface area contributed by atoms with E-state index in [0.29, 0.717) is 23.6 Å². The second-order valence-electron chi connectivity index (χ2n) is 4.15. The third kappa shape index (κ3) is 2.84. The molecule has 0 aliphatic carbocycles. The minimum Gasteiger partial charge on any atom is -0.493 e. The molecule has 6 heteroatoms. The minimum atomic E-state index is -1.61. The Morgan fingerprint density at radius 1 is 0.857 bits per heavy atom. The lowest BCUT2D eigenvalue weighted by Crippen LogP contribution is -2.05. The van der Waals surface area contributed by atoms with Crippen molar-refractivity contribution in [2.45, 2.75) is 0 Å². The van der Waals surface area contributed by atoms with Gasteiger partial charge in [-0.2, -0.15) is 0 Å². The number of carbonyl (C=O) groups excluding carboxylic acids is 1. The number of halogens is 3. The van der Waals surface area contributed by atoms with Gasteiger partial charge in [0.2, 0.25) is 0 Å². The van der Waals surface area contributed by atoms with Gasteiger partial charge in [0, 0.05) is 11.1 Å². The SMILES string of the molecule is COc1ccc(C(=O)c2cc(F)c(F)c(F)c2)cc1OC. The summed E-state index contributed by atoms with van der Waals surface area (Å²) in [6, 6.07) is 5.58. The first kappa shape index (κ1) is 14.9. The number of hydrogen-bond acceptors (Lipinski definition) is 3. The van der Waals surface area contributed by atoms with Gasteiger partial charge in [-0.15, -0.1) is 0 Å². The number of ether oxygens (including phenoxy) is 2. The summed E-state index contributed by atoms with van der Waals surface area (Å²) in [7, 11) is 2.83. The molecule has 2 aromatic rings. The van der Waals surface area contributed by atoms with E-state index in [1.54, 1.807) is 0 Å². The number of rotatable bonds is 4. The summed E-state index contributed by atoms with van der Waals surface area (Å²) < 4.78 is 49.3. The van der Waals surface area contributed by atoms with E-state index in [1.165, 1.54) is 32.4 Å². The first-order chi connectivity index (χ1) is 9.97. The Balaban J connectivity index is 2.45. The molecule has 2 rings (SSSR count). The van der Waals surface area contributed by atoms with Crippen LogP contribution in [0.15, 0.2) is 30.3 Å². The molecule has 3 nitrogen and oxygen atoms in total. The molecular weight excluding hydrogens is 285 g/mol. The molecule has 0 saturated heterocycles. The van der Waals surface area contributed by atoms with Gasteiger partial charge in [0.1, 0.15) is 0 Å². The zero-order valence-corrected chi connectivity index (χ0v) is 11.2. The Hall–Kier alpha value is -2.50. The van der Waals surface area contributed by atoms with Gasteiger partial charge in [-0.3, -0.25) is 4.79 Å². The van der Waals surface area contributed by atoms with Crippen molar-refractivity contribution in [3.05, 3.63) is 58.9 Å². The molecule has 0 aliphatic rings. The van der Waals surface area contributed by atoms with Crippen molar-refractivity contribution in [3.63, 3.8) is 0 Å². The van der Waals surface area contributed by atoms with Crippen molar-refractivity contribution >= 4 is 5.78 Å². The van der Waals surface area contributed by atoms with Crippen LogP contribution in [0.4, 0.5) is 13.2 Å². The Morgan fingerprint density at radius 2 is 1.43 bits per heavy atom. The van der Waals surface area contributed by atoms with E-state index in [-0.39, 0.29) is 11.1 Å². The third-order valence-electron chi connectivity index (χ3n) is 2.89. The van der Waals surface area contributed by atoms with E-state index >= 15 is 0 Å². The summed E-state index contributed by atoms with van der Waals surface area (Å²) in [5.74, 6) is -4.40. The number of hydrogen-bond donors (Lipinski definition) is 0. The van der Waals surface area contributed by atoms with Gasteiger partial charge in [0.15, 0.2) is 34.7 Å². The molecule has 0 saturated carbocycles. The van der Waals surface area contributed by atoms with E-state index in [0.717, 1.165) is 0 Å². The standard InChI is InChI=1S/C15H11F3O3/c1-20-12-4-3-8(7-13(12)21-2)15(19)9-5-10(16)14(18)11(17)6-9/h3-7H,1-2H3. The van der Waals surface area contributed by atoms with Gasteiger partial charge in [0.05, 0.1) is 14.2 Å². The molecule has 0 atom stereocenters. The fraction of sp³-hybridized carbons (Fsp3) is 0.133. The van der Waals surface area contributed by atoms with Gasteiger partial charge in [0.25, 0.3) is 0 Å². The largest absolute Gasteiger partial charge is 0.493 e. The average molecular weight is 296 g/mol. The van der Waals surface area contributed by atoms with Crippen LogP contribution < -0.4 is 9.47 Å². The van der Waals surface area contributed by atoms with Gasteiger partial charge in [-0.05, 0) is 30.3 Å². The van der Waals surface area contributed by atoms with Crippen molar-refractivity contribution < 1.29 is 27.4 Å². The van der Waals surface area contributed by atoms with Crippen LogP contribution in [0.3, 0.4) is 0 Å². The van der Waals surface area contributed by atoms with Crippen LogP contribution in [0.2, 0.25) is 0 Å². The summed E-state index contributed by atoms with van der Waals surface area (Å²) in [5, 5.41) is 0. The van der Waals surface area contributed by atoms with Crippen LogP contribution >= 0.6 is 0 Å². The Kier molecular flexibility index (Phi) is 4.16. The van der Waals surface area contributed by atoms with E-state index in [4.69, 9.17) is 9.47 Å². The van der Waals surface area contributed by atoms with Crippen molar-refractivity contribution in [2.24, 2.45) is 0 Å². The molecule has 0 amide bonds. The molecule has 0 aliphatic heterocycles. The Bertz CT molecular complexity index is 676. The van der Waals surface area contributed by atoms with Gasteiger partial charge in [-0.1, -0.05) is 0 Å². The van der Waals surface area contributed by atoms with Crippen LogP contribution in [-0.4, -0.2) is 20.0 Å². The quantitative estimate of drug-likeness (QED) is 0.641. The van der Waals surface area contributed by atoms with Gasteiger partial charge in [-0.25, -0.2) is 13.2 Å². The zero-order valence-electron chi connectivity index (χ0n) is 11.2. The van der Waals surface area contributed by atoms with Crippen molar-refractivity contribution in [3.8, 4) is 11.5 Å². The number of ketones is 1. The maximum absolute atomic E-state index is 13.2. The summed E-state index contributed by atoms with van der Waals surface area (Å²) in [4.78, 5) is 12.2. The fourth-order valence-electron chi connectivity index (χ4n) is 1.83. The van der Waals surface area contributed by atoms with Crippen LogP contribution in [-0.2, 0) is 0 Å². The van der Waals surface area contributed by atoms with Crippen LogP contribution in [0.25, 0.3) is 0 Å². The fourth-order valence-corrected chi connectivity index (χ4v) is 1.83. The van der Waals surface area contributed by atoms with Crippen LogP contribution in [0, 0.1) is 17.5 Å². The van der Waals surface area contributed by atoms with Gasteiger partial charge >= 0.3 is 0 Å². The lowest BCUT2D eigenvalue weighted by molar-refractivity contribution is 0.103. The highest BCUT2D eigenvalue weighted by atomic mass is 19.2. The van der Waals surface area contributed by atoms with E-state index < -0.39 is 23.2 Å². The molecule has 0 unspecified atom stereocenters. The van der Waals surface area contributed by atoms with Crippen molar-refractivity contribution in [1.82, 2.24) is 0 Å². The van der Waals surface area contributed by atoms with Crippen molar-refractivity contribution in [2.75, 3.05) is 14.2 Å². The van der Waals surface area contributed by atoms with Gasteiger partial charge < -0.3 is 9.47 Å². The third-order valence-corrected chi connectivity index (χ3v) is 2.89.